The summed E-state index contributed by atoms with van der Waals surface area (Å²) in [5.74, 6) is 6.54. The molecule has 3 heteroatoms. The van der Waals surface area contributed by atoms with Crippen molar-refractivity contribution in [3.63, 3.8) is 0 Å². The van der Waals surface area contributed by atoms with Gasteiger partial charge in [0, 0.05) is 5.69 Å². The molecular formula is C33H52N2O. The van der Waals surface area contributed by atoms with E-state index in [4.69, 9.17) is 16.2 Å². The molecule has 9 atom stereocenters. The van der Waals surface area contributed by atoms with Crippen molar-refractivity contribution in [3.05, 3.63) is 30.4 Å². The maximum atomic E-state index is 6.43. The highest BCUT2D eigenvalue weighted by Crippen LogP contribution is 2.67. The number of nitrogen functional groups attached to an aromatic ring is 2. The predicted octanol–water partition coefficient (Wildman–Crippen LogP) is 8.50. The van der Waals surface area contributed by atoms with Crippen molar-refractivity contribution in [1.29, 1.82) is 0 Å². The quantitative estimate of drug-likeness (QED) is 0.296. The van der Waals surface area contributed by atoms with Crippen molar-refractivity contribution in [2.45, 2.75) is 105 Å². The van der Waals surface area contributed by atoms with Crippen LogP contribution in [-0.2, 0) is 0 Å². The Bertz CT molecular complexity index is 955. The molecule has 0 heterocycles. The molecular weight excluding hydrogens is 440 g/mol. The number of ether oxygens (including phenoxy) is 1. The van der Waals surface area contributed by atoms with Gasteiger partial charge >= 0.3 is 0 Å². The second kappa shape index (κ2) is 9.91. The number of hydrogen-bond donors (Lipinski definition) is 2. The van der Waals surface area contributed by atoms with Crippen molar-refractivity contribution in [2.24, 2.45) is 52.3 Å². The average molecular weight is 493 g/mol. The van der Waals surface area contributed by atoms with Gasteiger partial charge in [-0.15, -0.1) is 0 Å². The van der Waals surface area contributed by atoms with E-state index in [0.29, 0.717) is 28.1 Å². The molecule has 4 N–H and O–H groups in total. The molecule has 1 aromatic rings. The lowest BCUT2D eigenvalue weighted by molar-refractivity contribution is -0.0782. The third-order valence-electron chi connectivity index (χ3n) is 11.6. The van der Waals surface area contributed by atoms with Crippen LogP contribution in [0, 0.1) is 52.3 Å². The Morgan fingerprint density at radius 3 is 2.42 bits per heavy atom. The molecule has 8 unspecified atom stereocenters. The fraction of sp³-hybridized carbons (Fsp3) is 0.758. The highest BCUT2D eigenvalue weighted by Gasteiger charge is 2.59. The van der Waals surface area contributed by atoms with Crippen LogP contribution in [0.5, 0.6) is 5.75 Å². The van der Waals surface area contributed by atoms with Gasteiger partial charge in [-0.3, -0.25) is 0 Å². The van der Waals surface area contributed by atoms with E-state index in [0.717, 1.165) is 54.1 Å². The number of hydrogen-bond acceptors (Lipinski definition) is 3. The fourth-order valence-corrected chi connectivity index (χ4v) is 9.57. The zero-order chi connectivity index (χ0) is 25.7. The molecule has 4 aliphatic rings. The molecule has 0 saturated heterocycles. The zero-order valence-corrected chi connectivity index (χ0v) is 23.6. The van der Waals surface area contributed by atoms with Crippen molar-refractivity contribution >= 4 is 11.4 Å². The van der Waals surface area contributed by atoms with Crippen LogP contribution < -0.4 is 16.2 Å². The average Bonchev–Trinajstić information content (AvgIpc) is 3.18. The van der Waals surface area contributed by atoms with Crippen LogP contribution >= 0.6 is 0 Å². The second-order valence-corrected chi connectivity index (χ2v) is 14.1. The van der Waals surface area contributed by atoms with Gasteiger partial charge in [0.25, 0.3) is 0 Å². The Morgan fingerprint density at radius 1 is 0.917 bits per heavy atom. The van der Waals surface area contributed by atoms with Crippen LogP contribution in [0.2, 0.25) is 0 Å². The lowest BCUT2D eigenvalue weighted by atomic mass is 9.46. The zero-order valence-electron chi connectivity index (χ0n) is 23.6. The van der Waals surface area contributed by atoms with Crippen molar-refractivity contribution in [2.75, 3.05) is 11.5 Å². The maximum absolute atomic E-state index is 6.43. The summed E-state index contributed by atoms with van der Waals surface area (Å²) in [5, 5.41) is 0. The van der Waals surface area contributed by atoms with E-state index in [-0.39, 0.29) is 6.10 Å². The largest absolute Gasteiger partial charge is 0.488 e. The van der Waals surface area contributed by atoms with Gasteiger partial charge in [-0.25, -0.2) is 0 Å². The maximum Gasteiger partial charge on any atom is 0.142 e. The standard InChI is InChI=1S/C33H52N2O/c1-21(2)7-6-8-22(3)27-12-13-28-26-11-9-23-19-25(36-31-14-10-24(34)20-30(31)35)15-17-32(23,4)29(26)16-18-33(27,28)5/h9-11,14,20-23,25-29H,6-8,12-13,15-19,34-35H2,1-5H3/t22?,23?,25?,26?,27?,28?,29-,32?,33?/m1/s1. The van der Waals surface area contributed by atoms with E-state index >= 15 is 0 Å². The second-order valence-electron chi connectivity index (χ2n) is 14.1. The van der Waals surface area contributed by atoms with Crippen molar-refractivity contribution in [3.8, 4) is 5.75 Å². The SMILES string of the molecule is CC(C)CCCC(C)C1CCC2C3C=CC4CC(Oc5ccc(N)cc5N)CCC4(C)[C@@H]3CCC12C. The molecule has 0 amide bonds. The van der Waals surface area contributed by atoms with E-state index in [2.05, 4.69) is 46.8 Å². The predicted molar refractivity (Wildman–Crippen MR) is 153 cm³/mol. The van der Waals surface area contributed by atoms with E-state index in [1.807, 2.05) is 18.2 Å². The van der Waals surface area contributed by atoms with Crippen LogP contribution in [0.15, 0.2) is 30.4 Å². The molecule has 0 bridgehead atoms. The summed E-state index contributed by atoms with van der Waals surface area (Å²) in [5.41, 5.74) is 14.4. The van der Waals surface area contributed by atoms with Gasteiger partial charge in [0.15, 0.2) is 0 Å². The number of benzene rings is 1. The number of fused-ring (bicyclic) bond motifs is 5. The molecule has 3 saturated carbocycles. The number of rotatable bonds is 7. The van der Waals surface area contributed by atoms with Crippen LogP contribution in [0.25, 0.3) is 0 Å². The number of anilines is 2. The lowest BCUT2D eigenvalue weighted by Gasteiger charge is -2.59. The van der Waals surface area contributed by atoms with Crippen LogP contribution in [0.3, 0.4) is 0 Å². The molecule has 200 valence electrons. The first kappa shape index (κ1) is 26.0. The van der Waals surface area contributed by atoms with Crippen LogP contribution in [0.1, 0.15) is 98.8 Å². The van der Waals surface area contributed by atoms with Gasteiger partial charge in [-0.1, -0.05) is 66.0 Å². The number of nitrogens with two attached hydrogens (primary N) is 2. The highest BCUT2D eigenvalue weighted by atomic mass is 16.5. The number of allylic oxidation sites excluding steroid dienone is 2. The molecule has 0 spiro atoms. The summed E-state index contributed by atoms with van der Waals surface area (Å²) >= 11 is 0. The molecule has 3 nitrogen and oxygen atoms in total. The summed E-state index contributed by atoms with van der Waals surface area (Å²) in [6.07, 6.45) is 19.0. The molecule has 1 aromatic carbocycles. The van der Waals surface area contributed by atoms with Gasteiger partial charge in [0.1, 0.15) is 5.75 Å². The lowest BCUT2D eigenvalue weighted by Crippen LogP contribution is -2.52. The van der Waals surface area contributed by atoms with Gasteiger partial charge in [-0.2, -0.15) is 0 Å². The van der Waals surface area contributed by atoms with Gasteiger partial charge < -0.3 is 16.2 Å². The van der Waals surface area contributed by atoms with Gasteiger partial charge in [0.05, 0.1) is 11.8 Å². The smallest absolute Gasteiger partial charge is 0.142 e. The van der Waals surface area contributed by atoms with E-state index in [1.54, 1.807) is 0 Å². The van der Waals surface area contributed by atoms with E-state index in [9.17, 15) is 0 Å². The Hall–Kier alpha value is -1.64. The summed E-state index contributed by atoms with van der Waals surface area (Å²) in [6.45, 7) is 12.6. The van der Waals surface area contributed by atoms with Gasteiger partial charge in [-0.05, 0) is 115 Å². The van der Waals surface area contributed by atoms with E-state index in [1.165, 1.54) is 51.4 Å². The van der Waals surface area contributed by atoms with Crippen molar-refractivity contribution in [1.82, 2.24) is 0 Å². The first-order chi connectivity index (χ1) is 17.1. The third-order valence-corrected chi connectivity index (χ3v) is 11.6. The normalized spacial score (nSPS) is 40.4. The molecule has 3 fully saturated rings. The summed E-state index contributed by atoms with van der Waals surface area (Å²) in [7, 11) is 0. The minimum absolute atomic E-state index is 0.242. The first-order valence-corrected chi connectivity index (χ1v) is 15.1. The summed E-state index contributed by atoms with van der Waals surface area (Å²) in [4.78, 5) is 0. The third kappa shape index (κ3) is 4.58. The molecule has 4 aliphatic carbocycles. The Balaban J connectivity index is 1.27. The van der Waals surface area contributed by atoms with Crippen LogP contribution in [0.4, 0.5) is 11.4 Å². The van der Waals surface area contributed by atoms with Crippen molar-refractivity contribution < 1.29 is 4.74 Å². The Labute approximate surface area is 220 Å². The van der Waals surface area contributed by atoms with E-state index < -0.39 is 0 Å². The molecule has 0 aliphatic heterocycles. The fourth-order valence-electron chi connectivity index (χ4n) is 9.57. The minimum Gasteiger partial charge on any atom is -0.488 e. The monoisotopic (exact) mass is 492 g/mol. The Kier molecular flexibility index (Phi) is 7.16. The minimum atomic E-state index is 0.242. The van der Waals surface area contributed by atoms with Crippen LogP contribution in [-0.4, -0.2) is 6.10 Å². The molecule has 5 rings (SSSR count). The summed E-state index contributed by atoms with van der Waals surface area (Å²) < 4.78 is 6.43. The topological polar surface area (TPSA) is 61.3 Å². The Morgan fingerprint density at radius 2 is 1.67 bits per heavy atom. The molecule has 36 heavy (non-hydrogen) atoms. The molecule has 0 radical (unpaired) electrons. The first-order valence-electron chi connectivity index (χ1n) is 15.1. The highest BCUT2D eigenvalue weighted by molar-refractivity contribution is 5.60. The van der Waals surface area contributed by atoms with Gasteiger partial charge in [0.2, 0.25) is 0 Å². The summed E-state index contributed by atoms with van der Waals surface area (Å²) in [6, 6.07) is 5.64. The molecule has 0 aromatic heterocycles.